The summed E-state index contributed by atoms with van der Waals surface area (Å²) in [6, 6.07) is 7.06. The van der Waals surface area contributed by atoms with E-state index in [0.717, 1.165) is 5.56 Å². The molecule has 0 unspecified atom stereocenters. The van der Waals surface area contributed by atoms with E-state index < -0.39 is 0 Å². The van der Waals surface area contributed by atoms with Crippen molar-refractivity contribution >= 4 is 22.3 Å². The Morgan fingerprint density at radius 2 is 2.03 bits per heavy atom. The average molecular weight is 387 g/mol. The molecule has 0 atom stereocenters. The summed E-state index contributed by atoms with van der Waals surface area (Å²) < 4.78 is 10.1. The van der Waals surface area contributed by atoms with E-state index in [1.807, 2.05) is 6.07 Å². The first-order chi connectivity index (χ1) is 14.2. The van der Waals surface area contributed by atoms with E-state index in [-0.39, 0.29) is 17.8 Å². The largest absolute Gasteiger partial charge is 0.364 e. The van der Waals surface area contributed by atoms with Crippen LogP contribution in [0.2, 0.25) is 0 Å². The third kappa shape index (κ3) is 3.29. The molecule has 1 aliphatic rings. The van der Waals surface area contributed by atoms with Gasteiger partial charge < -0.3 is 14.0 Å². The number of rotatable bonds is 4. The van der Waals surface area contributed by atoms with Crippen LogP contribution >= 0.6 is 0 Å². The van der Waals surface area contributed by atoms with Crippen molar-refractivity contribution in [1.82, 2.24) is 25.3 Å². The van der Waals surface area contributed by atoms with Gasteiger partial charge in [0.15, 0.2) is 11.6 Å². The topological polar surface area (TPSA) is 128 Å². The van der Waals surface area contributed by atoms with Crippen LogP contribution in [0.4, 0.5) is 0 Å². The van der Waals surface area contributed by atoms with Crippen LogP contribution in [-0.4, -0.2) is 31.0 Å². The SMILES string of the molecule is O=C1C=CCC(c2noc(Cc3nc(=O)c4cc(-c5ccon5)ccc4[nH]3)n2)=C1. The van der Waals surface area contributed by atoms with Crippen LogP contribution in [0.3, 0.4) is 0 Å². The summed E-state index contributed by atoms with van der Waals surface area (Å²) in [5.74, 6) is 0.950. The van der Waals surface area contributed by atoms with Crippen LogP contribution in [0.1, 0.15) is 24.0 Å². The number of allylic oxidation sites excluding steroid dienone is 4. The van der Waals surface area contributed by atoms with E-state index in [9.17, 15) is 9.59 Å². The predicted molar refractivity (Wildman–Crippen MR) is 102 cm³/mol. The number of nitrogens with zero attached hydrogens (tertiary/aromatic N) is 4. The van der Waals surface area contributed by atoms with E-state index in [2.05, 4.69) is 25.3 Å². The molecule has 0 radical (unpaired) electrons. The van der Waals surface area contributed by atoms with Crippen LogP contribution < -0.4 is 5.56 Å². The van der Waals surface area contributed by atoms with Crippen molar-refractivity contribution in [2.75, 3.05) is 0 Å². The van der Waals surface area contributed by atoms with Crippen molar-refractivity contribution in [2.24, 2.45) is 0 Å². The molecule has 1 aliphatic carbocycles. The number of carbonyl (C=O) groups excluding carboxylic acids is 1. The van der Waals surface area contributed by atoms with Gasteiger partial charge in [0.2, 0.25) is 5.89 Å². The van der Waals surface area contributed by atoms with Crippen molar-refractivity contribution < 1.29 is 13.8 Å². The number of H-pyrrole nitrogens is 1. The van der Waals surface area contributed by atoms with Crippen molar-refractivity contribution in [3.05, 3.63) is 76.7 Å². The molecule has 1 N–H and O–H groups in total. The molecule has 0 amide bonds. The van der Waals surface area contributed by atoms with Crippen LogP contribution in [0.25, 0.3) is 27.7 Å². The summed E-state index contributed by atoms with van der Waals surface area (Å²) >= 11 is 0. The Bertz CT molecular complexity index is 1340. The Kier molecular flexibility index (Phi) is 3.98. The van der Waals surface area contributed by atoms with E-state index in [1.165, 1.54) is 18.4 Å². The maximum absolute atomic E-state index is 12.5. The van der Waals surface area contributed by atoms with Crippen LogP contribution in [0.15, 0.2) is 62.6 Å². The van der Waals surface area contributed by atoms with E-state index >= 15 is 0 Å². The first kappa shape index (κ1) is 17.0. The van der Waals surface area contributed by atoms with Gasteiger partial charge in [-0.15, -0.1) is 0 Å². The molecule has 4 aromatic rings. The molecule has 3 aromatic heterocycles. The van der Waals surface area contributed by atoms with Gasteiger partial charge in [-0.1, -0.05) is 22.5 Å². The van der Waals surface area contributed by atoms with Crippen LogP contribution in [-0.2, 0) is 11.2 Å². The Labute approximate surface area is 162 Å². The predicted octanol–water partition coefficient (Wildman–Crippen LogP) is 2.46. The van der Waals surface area contributed by atoms with Gasteiger partial charge in [0.25, 0.3) is 5.56 Å². The number of benzene rings is 1. The minimum atomic E-state index is -0.371. The number of carbonyl (C=O) groups is 1. The molecule has 0 saturated carbocycles. The number of aromatic nitrogens is 5. The Hall–Kier alpha value is -4.14. The van der Waals surface area contributed by atoms with Gasteiger partial charge >= 0.3 is 0 Å². The van der Waals surface area contributed by atoms with Gasteiger partial charge in [0.1, 0.15) is 17.8 Å². The summed E-state index contributed by atoms with van der Waals surface area (Å²) in [6.07, 6.45) is 6.94. The number of nitrogens with one attached hydrogen (secondary N) is 1. The average Bonchev–Trinajstić information content (AvgIpc) is 3.40. The molecule has 142 valence electrons. The summed E-state index contributed by atoms with van der Waals surface area (Å²) in [4.78, 5) is 35.5. The van der Waals surface area contributed by atoms with Gasteiger partial charge in [0.05, 0.1) is 17.3 Å². The highest BCUT2D eigenvalue weighted by Gasteiger charge is 2.15. The number of ketones is 1. The highest BCUT2D eigenvalue weighted by Crippen LogP contribution is 2.22. The molecule has 3 heterocycles. The normalized spacial score (nSPS) is 13.8. The minimum absolute atomic E-state index is 0.108. The van der Waals surface area contributed by atoms with Crippen LogP contribution in [0.5, 0.6) is 0 Å². The molecule has 9 nitrogen and oxygen atoms in total. The molecular formula is C20H13N5O4. The first-order valence-electron chi connectivity index (χ1n) is 8.83. The molecule has 5 rings (SSSR count). The lowest BCUT2D eigenvalue weighted by molar-refractivity contribution is -0.110. The van der Waals surface area contributed by atoms with Crippen LogP contribution in [0, 0.1) is 0 Å². The molecule has 1 aromatic carbocycles. The second kappa shape index (κ2) is 6.79. The van der Waals surface area contributed by atoms with Gasteiger partial charge in [-0.2, -0.15) is 9.97 Å². The molecule has 0 aliphatic heterocycles. The van der Waals surface area contributed by atoms with Crippen molar-refractivity contribution in [1.29, 1.82) is 0 Å². The van der Waals surface area contributed by atoms with E-state index in [1.54, 1.807) is 24.3 Å². The highest BCUT2D eigenvalue weighted by molar-refractivity contribution is 6.05. The number of hydrogen-bond donors (Lipinski definition) is 1. The van der Waals surface area contributed by atoms with E-state index in [0.29, 0.717) is 46.1 Å². The summed E-state index contributed by atoms with van der Waals surface area (Å²) in [6.45, 7) is 0. The molecule has 29 heavy (non-hydrogen) atoms. The number of aromatic amines is 1. The number of fused-ring (bicyclic) bond motifs is 1. The fourth-order valence-electron chi connectivity index (χ4n) is 3.14. The van der Waals surface area contributed by atoms with Crippen molar-refractivity contribution in [3.63, 3.8) is 0 Å². The third-order valence-electron chi connectivity index (χ3n) is 4.51. The zero-order chi connectivity index (χ0) is 19.8. The Morgan fingerprint density at radius 3 is 2.86 bits per heavy atom. The Balaban J connectivity index is 1.43. The zero-order valence-corrected chi connectivity index (χ0v) is 15.0. The van der Waals surface area contributed by atoms with Gasteiger partial charge in [0, 0.05) is 17.2 Å². The molecule has 0 bridgehead atoms. The standard InChI is InChI=1S/C20H13N5O4/c26-13-3-1-2-12(8-13)19-23-18(29-25-19)10-17-21-16-5-4-11(15-6-7-28-24-15)9-14(16)20(27)22-17/h1,3-9H,2,10H2,(H,21,22,27). The monoisotopic (exact) mass is 387 g/mol. The second-order valence-electron chi connectivity index (χ2n) is 6.50. The maximum atomic E-state index is 12.5. The first-order valence-corrected chi connectivity index (χ1v) is 8.83. The summed E-state index contributed by atoms with van der Waals surface area (Å²) in [5.41, 5.74) is 2.35. The lowest BCUT2D eigenvalue weighted by Gasteiger charge is -2.03. The van der Waals surface area contributed by atoms with Crippen molar-refractivity contribution in [3.8, 4) is 11.3 Å². The number of hydrogen-bond acceptors (Lipinski definition) is 8. The minimum Gasteiger partial charge on any atom is -0.364 e. The molecular weight excluding hydrogens is 374 g/mol. The highest BCUT2D eigenvalue weighted by atomic mass is 16.5. The quantitative estimate of drug-likeness (QED) is 0.565. The maximum Gasteiger partial charge on any atom is 0.280 e. The third-order valence-corrected chi connectivity index (χ3v) is 4.51. The molecule has 0 spiro atoms. The summed E-state index contributed by atoms with van der Waals surface area (Å²) in [5, 5.41) is 8.24. The van der Waals surface area contributed by atoms with Gasteiger partial charge in [-0.3, -0.25) is 9.59 Å². The smallest absolute Gasteiger partial charge is 0.280 e. The molecule has 9 heteroatoms. The molecule has 0 fully saturated rings. The lowest BCUT2D eigenvalue weighted by atomic mass is 10.1. The van der Waals surface area contributed by atoms with Gasteiger partial charge in [-0.05, 0) is 30.7 Å². The van der Waals surface area contributed by atoms with Gasteiger partial charge in [-0.25, -0.2) is 0 Å². The van der Waals surface area contributed by atoms with Crippen molar-refractivity contribution in [2.45, 2.75) is 12.8 Å². The Morgan fingerprint density at radius 1 is 1.10 bits per heavy atom. The fourth-order valence-corrected chi connectivity index (χ4v) is 3.14. The lowest BCUT2D eigenvalue weighted by Crippen LogP contribution is -2.12. The molecule has 0 saturated heterocycles. The fraction of sp³-hybridized carbons (Fsp3) is 0.100. The van der Waals surface area contributed by atoms with E-state index in [4.69, 9.17) is 9.05 Å². The zero-order valence-electron chi connectivity index (χ0n) is 15.0. The summed E-state index contributed by atoms with van der Waals surface area (Å²) in [7, 11) is 0. The second-order valence-corrected chi connectivity index (χ2v) is 6.50.